The lowest BCUT2D eigenvalue weighted by Gasteiger charge is -2.33. The standard InChI is InChI=1S/C21H24N6O2/c1-21(28)7-5-14(6-8-21)24-20-25-18-17(19(26-20)29-2)15(11-23-18)13-3-4-16-22-9-10-27(16)12-13/h3-4,9-12,14,28H,5-8H2,1-2H3,(H2,23,24,25,26)/t14-,21-. The van der Waals surface area contributed by atoms with Crippen molar-refractivity contribution in [2.45, 2.75) is 44.2 Å². The zero-order valence-electron chi connectivity index (χ0n) is 16.5. The number of nitrogens with zero attached hydrogens (tertiary/aromatic N) is 4. The van der Waals surface area contributed by atoms with Gasteiger partial charge in [0.25, 0.3) is 0 Å². The molecule has 150 valence electrons. The number of imidazole rings is 1. The van der Waals surface area contributed by atoms with Gasteiger partial charge in [-0.3, -0.25) is 0 Å². The summed E-state index contributed by atoms with van der Waals surface area (Å²) >= 11 is 0. The van der Waals surface area contributed by atoms with Gasteiger partial charge in [-0.15, -0.1) is 0 Å². The van der Waals surface area contributed by atoms with Gasteiger partial charge >= 0.3 is 0 Å². The van der Waals surface area contributed by atoms with Crippen LogP contribution in [0.3, 0.4) is 0 Å². The SMILES string of the molecule is COc1nc(N[C@H]2CC[C@](C)(O)CC2)nc2[nH]cc(-c3ccc4nccn4c3)c12. The second kappa shape index (κ2) is 6.73. The Balaban J connectivity index is 1.49. The van der Waals surface area contributed by atoms with E-state index in [4.69, 9.17) is 4.74 Å². The first-order valence-electron chi connectivity index (χ1n) is 9.87. The summed E-state index contributed by atoms with van der Waals surface area (Å²) in [5.41, 5.74) is 3.06. The van der Waals surface area contributed by atoms with Gasteiger partial charge in [-0.25, -0.2) is 4.98 Å². The summed E-state index contributed by atoms with van der Waals surface area (Å²) in [7, 11) is 1.62. The molecule has 4 aromatic heterocycles. The number of rotatable bonds is 4. The van der Waals surface area contributed by atoms with Gasteiger partial charge in [0.1, 0.15) is 11.3 Å². The highest BCUT2D eigenvalue weighted by molar-refractivity contribution is 5.97. The van der Waals surface area contributed by atoms with Gasteiger partial charge in [0.05, 0.1) is 18.1 Å². The highest BCUT2D eigenvalue weighted by atomic mass is 16.5. The second-order valence-corrected chi connectivity index (χ2v) is 8.01. The zero-order chi connectivity index (χ0) is 20.0. The topological polar surface area (TPSA) is 100 Å². The van der Waals surface area contributed by atoms with E-state index in [1.54, 1.807) is 13.3 Å². The second-order valence-electron chi connectivity index (χ2n) is 8.01. The first kappa shape index (κ1) is 17.9. The summed E-state index contributed by atoms with van der Waals surface area (Å²) in [5.74, 6) is 1.07. The number of ether oxygens (including phenoxy) is 1. The van der Waals surface area contributed by atoms with E-state index in [9.17, 15) is 5.11 Å². The van der Waals surface area contributed by atoms with E-state index in [0.29, 0.717) is 11.8 Å². The molecule has 0 aromatic carbocycles. The number of hydrogen-bond donors (Lipinski definition) is 3. The van der Waals surface area contributed by atoms with Crippen molar-refractivity contribution < 1.29 is 9.84 Å². The lowest BCUT2D eigenvalue weighted by Crippen LogP contribution is -2.36. The van der Waals surface area contributed by atoms with Crippen molar-refractivity contribution in [3.8, 4) is 17.0 Å². The minimum atomic E-state index is -0.564. The van der Waals surface area contributed by atoms with Gasteiger partial charge in [0, 0.05) is 42.0 Å². The van der Waals surface area contributed by atoms with Crippen molar-refractivity contribution in [2.24, 2.45) is 0 Å². The monoisotopic (exact) mass is 392 g/mol. The van der Waals surface area contributed by atoms with Crippen LogP contribution in [0.2, 0.25) is 0 Å². The minimum absolute atomic E-state index is 0.246. The molecule has 29 heavy (non-hydrogen) atoms. The molecule has 8 nitrogen and oxygen atoms in total. The summed E-state index contributed by atoms with van der Waals surface area (Å²) in [4.78, 5) is 16.8. The van der Waals surface area contributed by atoms with E-state index >= 15 is 0 Å². The van der Waals surface area contributed by atoms with E-state index in [1.165, 1.54) is 0 Å². The molecule has 0 saturated heterocycles. The minimum Gasteiger partial charge on any atom is -0.480 e. The van der Waals surface area contributed by atoms with Crippen LogP contribution in [0.1, 0.15) is 32.6 Å². The van der Waals surface area contributed by atoms with E-state index in [-0.39, 0.29) is 6.04 Å². The van der Waals surface area contributed by atoms with E-state index in [0.717, 1.165) is 53.5 Å². The fourth-order valence-electron chi connectivity index (χ4n) is 4.09. The van der Waals surface area contributed by atoms with Crippen LogP contribution >= 0.6 is 0 Å². The number of pyridine rings is 1. The number of H-pyrrole nitrogens is 1. The Bertz CT molecular complexity index is 1170. The van der Waals surface area contributed by atoms with Crippen molar-refractivity contribution in [1.82, 2.24) is 24.3 Å². The average molecular weight is 392 g/mol. The normalized spacial score (nSPS) is 22.2. The number of nitrogens with one attached hydrogen (secondary N) is 2. The molecule has 0 unspecified atom stereocenters. The van der Waals surface area contributed by atoms with Gasteiger partial charge in [-0.2, -0.15) is 9.97 Å². The van der Waals surface area contributed by atoms with Crippen LogP contribution in [0, 0.1) is 0 Å². The molecule has 0 bridgehead atoms. The van der Waals surface area contributed by atoms with E-state index < -0.39 is 5.60 Å². The number of aromatic nitrogens is 5. The fraction of sp³-hybridized carbons (Fsp3) is 0.381. The van der Waals surface area contributed by atoms with Gasteiger partial charge in [-0.1, -0.05) is 0 Å². The highest BCUT2D eigenvalue weighted by Crippen LogP contribution is 2.35. The smallest absolute Gasteiger partial charge is 0.228 e. The number of hydrogen-bond acceptors (Lipinski definition) is 6. The fourth-order valence-corrected chi connectivity index (χ4v) is 4.09. The largest absolute Gasteiger partial charge is 0.480 e. The van der Waals surface area contributed by atoms with Gasteiger partial charge in [0.15, 0.2) is 0 Å². The van der Waals surface area contributed by atoms with Gasteiger partial charge in [0.2, 0.25) is 11.8 Å². The molecular formula is C21H24N6O2. The molecule has 0 atom stereocenters. The molecule has 0 aliphatic heterocycles. The molecular weight excluding hydrogens is 368 g/mol. The van der Waals surface area contributed by atoms with Crippen molar-refractivity contribution in [3.05, 3.63) is 36.9 Å². The Labute approximate surface area is 168 Å². The maximum atomic E-state index is 10.2. The molecule has 4 aromatic rings. The summed E-state index contributed by atoms with van der Waals surface area (Å²) < 4.78 is 7.59. The average Bonchev–Trinajstić information content (AvgIpc) is 3.35. The Hall–Kier alpha value is -3.13. The maximum Gasteiger partial charge on any atom is 0.228 e. The summed E-state index contributed by atoms with van der Waals surface area (Å²) in [6.45, 7) is 1.90. The van der Waals surface area contributed by atoms with Crippen LogP contribution in [-0.4, -0.2) is 48.2 Å². The Morgan fingerprint density at radius 1 is 1.28 bits per heavy atom. The Morgan fingerprint density at radius 3 is 2.90 bits per heavy atom. The molecule has 1 aliphatic rings. The predicted octanol–water partition coefficient (Wildman–Crippen LogP) is 3.39. The summed E-state index contributed by atoms with van der Waals surface area (Å²) in [5, 5.41) is 14.4. The van der Waals surface area contributed by atoms with Crippen LogP contribution in [0.5, 0.6) is 5.88 Å². The molecule has 4 heterocycles. The number of aromatic amines is 1. The Morgan fingerprint density at radius 2 is 2.10 bits per heavy atom. The molecule has 0 radical (unpaired) electrons. The van der Waals surface area contributed by atoms with Crippen molar-refractivity contribution in [3.63, 3.8) is 0 Å². The molecule has 8 heteroatoms. The number of anilines is 1. The third-order valence-electron chi connectivity index (χ3n) is 5.79. The highest BCUT2D eigenvalue weighted by Gasteiger charge is 2.29. The molecule has 1 fully saturated rings. The number of methoxy groups -OCH3 is 1. The van der Waals surface area contributed by atoms with Crippen LogP contribution in [0.25, 0.3) is 27.8 Å². The third-order valence-corrected chi connectivity index (χ3v) is 5.79. The molecule has 1 aliphatic carbocycles. The first-order chi connectivity index (χ1) is 14.0. The third kappa shape index (κ3) is 3.29. The van der Waals surface area contributed by atoms with Crippen LogP contribution in [0.4, 0.5) is 5.95 Å². The lowest BCUT2D eigenvalue weighted by molar-refractivity contribution is 0.0195. The first-order valence-corrected chi connectivity index (χ1v) is 9.87. The van der Waals surface area contributed by atoms with Crippen molar-refractivity contribution in [2.75, 3.05) is 12.4 Å². The molecule has 0 spiro atoms. The van der Waals surface area contributed by atoms with Crippen LogP contribution < -0.4 is 10.1 Å². The van der Waals surface area contributed by atoms with Crippen molar-refractivity contribution in [1.29, 1.82) is 0 Å². The molecule has 1 saturated carbocycles. The molecule has 3 N–H and O–H groups in total. The molecule has 5 rings (SSSR count). The summed E-state index contributed by atoms with van der Waals surface area (Å²) in [6.07, 6.45) is 11.0. The zero-order valence-corrected chi connectivity index (χ0v) is 16.5. The van der Waals surface area contributed by atoms with Crippen molar-refractivity contribution >= 4 is 22.6 Å². The van der Waals surface area contributed by atoms with Gasteiger partial charge < -0.3 is 24.5 Å². The van der Waals surface area contributed by atoms with E-state index in [2.05, 4.69) is 25.3 Å². The lowest BCUT2D eigenvalue weighted by atomic mass is 9.84. The van der Waals surface area contributed by atoms with E-state index in [1.807, 2.05) is 42.0 Å². The van der Waals surface area contributed by atoms with Crippen LogP contribution in [0.15, 0.2) is 36.9 Å². The quantitative estimate of drug-likeness (QED) is 0.492. The number of fused-ring (bicyclic) bond motifs is 2. The molecule has 0 amide bonds. The van der Waals surface area contributed by atoms with Crippen LogP contribution in [-0.2, 0) is 0 Å². The maximum absolute atomic E-state index is 10.2. The predicted molar refractivity (Wildman–Crippen MR) is 111 cm³/mol. The summed E-state index contributed by atoms with van der Waals surface area (Å²) in [6, 6.07) is 4.26. The van der Waals surface area contributed by atoms with Gasteiger partial charge in [-0.05, 0) is 44.7 Å². The number of aliphatic hydroxyl groups is 1. The Kier molecular flexibility index (Phi) is 4.16.